The fraction of sp³-hybridized carbons (Fsp3) is 0.389. The molecule has 0 aliphatic heterocycles. The van der Waals surface area contributed by atoms with Crippen LogP contribution in [-0.4, -0.2) is 36.6 Å². The first-order chi connectivity index (χ1) is 12.7. The van der Waals surface area contributed by atoms with E-state index in [1.54, 1.807) is 18.3 Å². The van der Waals surface area contributed by atoms with Crippen molar-refractivity contribution in [2.24, 2.45) is 11.5 Å². The molecule has 1 saturated carbocycles. The van der Waals surface area contributed by atoms with E-state index in [2.05, 4.69) is 15.3 Å². The highest BCUT2D eigenvalue weighted by atomic mass is 32.2. The highest BCUT2D eigenvalue weighted by molar-refractivity contribution is 7.90. The lowest BCUT2D eigenvalue weighted by Crippen LogP contribution is -2.27. The second-order valence-corrected chi connectivity index (χ2v) is 8.92. The molecule has 1 fully saturated rings. The van der Waals surface area contributed by atoms with Gasteiger partial charge in [0.2, 0.25) is 0 Å². The average Bonchev–Trinajstić information content (AvgIpc) is 2.61. The number of nitrogens with one attached hydrogen (secondary N) is 1. The number of hydrogen-bond acceptors (Lipinski definition) is 7. The normalized spacial score (nSPS) is 20.2. The highest BCUT2D eigenvalue weighted by Gasteiger charge is 2.24. The number of primary amides is 1. The Morgan fingerprint density at radius 2 is 1.93 bits per heavy atom. The van der Waals surface area contributed by atoms with E-state index in [1.165, 1.54) is 12.1 Å². The van der Waals surface area contributed by atoms with Crippen LogP contribution in [0, 0.1) is 0 Å². The smallest absolute Gasteiger partial charge is 0.271 e. The minimum absolute atomic E-state index is 0.0334. The molecule has 3 rings (SSSR count). The van der Waals surface area contributed by atoms with E-state index >= 15 is 0 Å². The van der Waals surface area contributed by atoms with Crippen molar-refractivity contribution in [1.82, 2.24) is 9.97 Å². The Labute approximate surface area is 158 Å². The van der Waals surface area contributed by atoms with Crippen molar-refractivity contribution in [1.29, 1.82) is 0 Å². The zero-order valence-corrected chi connectivity index (χ0v) is 15.9. The number of hydrogen-bond donors (Lipinski definition) is 3. The second-order valence-electron chi connectivity index (χ2n) is 6.90. The van der Waals surface area contributed by atoms with Gasteiger partial charge in [-0.1, -0.05) is 6.42 Å². The molecule has 1 amide bonds. The number of carbonyl (C=O) groups excluding carboxylic acids is 1. The second kappa shape index (κ2) is 7.61. The molecule has 2 aromatic rings. The summed E-state index contributed by atoms with van der Waals surface area (Å²) in [5.74, 6) is -0.243. The van der Waals surface area contributed by atoms with Crippen LogP contribution in [0.1, 0.15) is 47.8 Å². The molecule has 9 heteroatoms. The van der Waals surface area contributed by atoms with Crippen molar-refractivity contribution in [3.8, 4) is 0 Å². The van der Waals surface area contributed by atoms with Gasteiger partial charge in [-0.2, -0.15) is 0 Å². The molecule has 5 N–H and O–H groups in total. The third kappa shape index (κ3) is 4.61. The van der Waals surface area contributed by atoms with Gasteiger partial charge in [0.1, 0.15) is 0 Å². The number of benzene rings is 1. The SMILES string of the molecule is CS(=O)(=O)c1ccc(Nc2nc(C3CCC[C@@H](N)C3)cnc2C(N)=O)cc1. The molecule has 1 heterocycles. The number of aromatic nitrogens is 2. The molecule has 0 spiro atoms. The van der Waals surface area contributed by atoms with E-state index in [0.717, 1.165) is 37.6 Å². The lowest BCUT2D eigenvalue weighted by Gasteiger charge is -2.26. The predicted octanol–water partition coefficient (Wildman–Crippen LogP) is 1.71. The fourth-order valence-corrected chi connectivity index (χ4v) is 3.92. The van der Waals surface area contributed by atoms with Gasteiger partial charge < -0.3 is 16.8 Å². The molecule has 2 atom stereocenters. The molecule has 1 aromatic heterocycles. The number of nitrogens with zero attached hydrogens (tertiary/aromatic N) is 2. The summed E-state index contributed by atoms with van der Waals surface area (Å²) in [5, 5.41) is 3.02. The van der Waals surface area contributed by atoms with E-state index in [9.17, 15) is 13.2 Å². The van der Waals surface area contributed by atoms with Gasteiger partial charge in [0.05, 0.1) is 10.6 Å². The summed E-state index contributed by atoms with van der Waals surface area (Å²) in [7, 11) is -3.28. The maximum absolute atomic E-state index is 11.7. The van der Waals surface area contributed by atoms with Gasteiger partial charge in [-0.05, 0) is 43.5 Å². The monoisotopic (exact) mass is 389 g/mol. The topological polar surface area (TPSA) is 141 Å². The molecule has 0 bridgehead atoms. The van der Waals surface area contributed by atoms with Crippen molar-refractivity contribution in [2.45, 2.75) is 42.5 Å². The standard InChI is InChI=1S/C18H23N5O3S/c1-27(25,26)14-7-5-13(6-8-14)22-18-16(17(20)24)21-10-15(23-18)11-3-2-4-12(19)9-11/h5-8,10-12H,2-4,9,19H2,1H3,(H2,20,24)(H,22,23)/t11?,12-/m1/s1. The van der Waals surface area contributed by atoms with Gasteiger partial charge in [-0.15, -0.1) is 0 Å². The molecule has 1 aliphatic rings. The number of anilines is 2. The lowest BCUT2D eigenvalue weighted by atomic mass is 9.84. The quantitative estimate of drug-likeness (QED) is 0.706. The van der Waals surface area contributed by atoms with Gasteiger partial charge in [-0.25, -0.2) is 18.4 Å². The Balaban J connectivity index is 1.90. The maximum atomic E-state index is 11.7. The first-order valence-corrected chi connectivity index (χ1v) is 10.6. The number of carbonyl (C=O) groups is 1. The van der Waals surface area contributed by atoms with Gasteiger partial charge in [0.15, 0.2) is 21.3 Å². The third-order valence-corrected chi connectivity index (χ3v) is 5.83. The van der Waals surface area contributed by atoms with Crippen molar-refractivity contribution in [2.75, 3.05) is 11.6 Å². The largest absolute Gasteiger partial charge is 0.364 e. The van der Waals surface area contributed by atoms with Crippen molar-refractivity contribution < 1.29 is 13.2 Å². The molecule has 1 aliphatic carbocycles. The molecule has 144 valence electrons. The Bertz CT molecular complexity index is 944. The van der Waals surface area contributed by atoms with E-state index < -0.39 is 15.7 Å². The maximum Gasteiger partial charge on any atom is 0.271 e. The zero-order valence-electron chi connectivity index (χ0n) is 15.1. The zero-order chi connectivity index (χ0) is 19.6. The number of sulfone groups is 1. The van der Waals surface area contributed by atoms with Crippen molar-refractivity contribution >= 4 is 27.2 Å². The van der Waals surface area contributed by atoms with E-state index in [0.29, 0.717) is 5.69 Å². The summed E-state index contributed by atoms with van der Waals surface area (Å²) in [5.41, 5.74) is 12.9. The molecule has 1 aromatic carbocycles. The minimum atomic E-state index is -3.28. The Morgan fingerprint density at radius 3 is 2.52 bits per heavy atom. The van der Waals surface area contributed by atoms with Crippen LogP contribution in [0.4, 0.5) is 11.5 Å². The lowest BCUT2D eigenvalue weighted by molar-refractivity contribution is 0.0996. The van der Waals surface area contributed by atoms with Crippen LogP contribution in [0.3, 0.4) is 0 Å². The molecule has 27 heavy (non-hydrogen) atoms. The molecular weight excluding hydrogens is 366 g/mol. The van der Waals surface area contributed by atoms with E-state index in [1.807, 2.05) is 0 Å². The fourth-order valence-electron chi connectivity index (χ4n) is 3.29. The van der Waals surface area contributed by atoms with Gasteiger partial charge in [0, 0.05) is 30.1 Å². The first kappa shape index (κ1) is 19.2. The van der Waals surface area contributed by atoms with E-state index in [4.69, 9.17) is 11.5 Å². The molecule has 0 radical (unpaired) electrons. The van der Waals surface area contributed by atoms with Crippen molar-refractivity contribution in [3.63, 3.8) is 0 Å². The van der Waals surface area contributed by atoms with Crippen molar-refractivity contribution in [3.05, 3.63) is 41.9 Å². The van der Waals surface area contributed by atoms with Gasteiger partial charge in [-0.3, -0.25) is 4.79 Å². The van der Waals surface area contributed by atoms with Crippen LogP contribution in [0.25, 0.3) is 0 Å². The Hall–Kier alpha value is -2.52. The predicted molar refractivity (Wildman–Crippen MR) is 103 cm³/mol. The van der Waals surface area contributed by atoms with Crippen LogP contribution in [-0.2, 0) is 9.84 Å². The summed E-state index contributed by atoms with van der Waals surface area (Å²) >= 11 is 0. The summed E-state index contributed by atoms with van der Waals surface area (Å²) in [6, 6.07) is 6.32. The van der Waals surface area contributed by atoms with Crippen LogP contribution < -0.4 is 16.8 Å². The Kier molecular flexibility index (Phi) is 5.43. The van der Waals surface area contributed by atoms with Gasteiger partial charge in [0.25, 0.3) is 5.91 Å². The first-order valence-electron chi connectivity index (χ1n) is 8.73. The number of amides is 1. The molecule has 1 unspecified atom stereocenters. The highest BCUT2D eigenvalue weighted by Crippen LogP contribution is 2.32. The number of nitrogens with two attached hydrogens (primary N) is 2. The summed E-state index contributed by atoms with van der Waals surface area (Å²) in [4.78, 5) is 20.7. The molecule has 8 nitrogen and oxygen atoms in total. The molecule has 0 saturated heterocycles. The number of rotatable bonds is 5. The summed E-state index contributed by atoms with van der Waals surface area (Å²) < 4.78 is 23.2. The summed E-state index contributed by atoms with van der Waals surface area (Å²) in [6.07, 6.45) is 6.56. The average molecular weight is 389 g/mol. The van der Waals surface area contributed by atoms with Crippen LogP contribution >= 0.6 is 0 Å². The van der Waals surface area contributed by atoms with Crippen LogP contribution in [0.5, 0.6) is 0 Å². The van der Waals surface area contributed by atoms with E-state index in [-0.39, 0.29) is 28.4 Å². The van der Waals surface area contributed by atoms with Gasteiger partial charge >= 0.3 is 0 Å². The van der Waals surface area contributed by atoms with Crippen LogP contribution in [0.2, 0.25) is 0 Å². The third-order valence-electron chi connectivity index (χ3n) is 4.70. The summed E-state index contributed by atoms with van der Waals surface area (Å²) in [6.45, 7) is 0. The molecular formula is C18H23N5O3S. The Morgan fingerprint density at radius 1 is 1.22 bits per heavy atom. The minimum Gasteiger partial charge on any atom is -0.364 e. The van der Waals surface area contributed by atoms with Crippen LogP contribution in [0.15, 0.2) is 35.4 Å².